The van der Waals surface area contributed by atoms with Gasteiger partial charge in [-0.05, 0) is 46.3 Å². The van der Waals surface area contributed by atoms with Gasteiger partial charge in [-0.3, -0.25) is 9.59 Å². The van der Waals surface area contributed by atoms with Crippen LogP contribution in [0.1, 0.15) is 31.1 Å². The van der Waals surface area contributed by atoms with Crippen molar-refractivity contribution in [1.29, 1.82) is 0 Å². The molecule has 1 aromatic heterocycles. The fourth-order valence-electron chi connectivity index (χ4n) is 1.70. The first-order valence-electron chi connectivity index (χ1n) is 7.10. The Bertz CT molecular complexity index is 721. The van der Waals surface area contributed by atoms with Crippen LogP contribution < -0.4 is 10.6 Å². The zero-order valence-electron chi connectivity index (χ0n) is 13.2. The normalized spacial score (nSPS) is 11.0. The van der Waals surface area contributed by atoms with E-state index in [2.05, 4.69) is 31.5 Å². The molecule has 2 N–H and O–H groups in total. The average molecular weight is 376 g/mol. The highest BCUT2D eigenvalue weighted by atomic mass is 79.9. The van der Waals surface area contributed by atoms with Gasteiger partial charge in [0.2, 0.25) is 5.91 Å². The molecule has 0 radical (unpaired) electrons. The molecule has 2 aromatic rings. The first-order valence-corrected chi connectivity index (χ1v) is 7.89. The van der Waals surface area contributed by atoms with Crippen LogP contribution >= 0.6 is 15.9 Å². The van der Waals surface area contributed by atoms with Crippen molar-refractivity contribution < 1.29 is 9.59 Å². The van der Waals surface area contributed by atoms with Gasteiger partial charge in [0.05, 0.1) is 0 Å². The molecule has 2 amide bonds. The fourth-order valence-corrected chi connectivity index (χ4v) is 1.93. The second kappa shape index (κ2) is 6.91. The first-order chi connectivity index (χ1) is 10.8. The number of nitrogens with zero attached hydrogens (tertiary/aromatic N) is 1. The Morgan fingerprint density at radius 3 is 2.43 bits per heavy atom. The lowest BCUT2D eigenvalue weighted by molar-refractivity contribution is -0.123. The summed E-state index contributed by atoms with van der Waals surface area (Å²) >= 11 is 3.29. The van der Waals surface area contributed by atoms with Crippen molar-refractivity contribution in [3.63, 3.8) is 0 Å². The third kappa shape index (κ3) is 4.89. The molecular weight excluding hydrogens is 358 g/mol. The maximum Gasteiger partial charge on any atom is 0.256 e. The summed E-state index contributed by atoms with van der Waals surface area (Å²) in [6.45, 7) is 5.49. The minimum Gasteiger partial charge on any atom is -0.326 e. The van der Waals surface area contributed by atoms with E-state index in [1.54, 1.807) is 42.6 Å². The highest BCUT2D eigenvalue weighted by Gasteiger charge is 2.21. The molecule has 23 heavy (non-hydrogen) atoms. The third-order valence-corrected chi connectivity index (χ3v) is 3.50. The predicted octanol–water partition coefficient (Wildman–Crippen LogP) is 4.08. The number of benzene rings is 1. The van der Waals surface area contributed by atoms with Crippen molar-refractivity contribution in [2.24, 2.45) is 5.41 Å². The van der Waals surface area contributed by atoms with Crippen molar-refractivity contribution in [3.05, 3.63) is 52.6 Å². The van der Waals surface area contributed by atoms with Gasteiger partial charge in [-0.15, -0.1) is 0 Å². The Morgan fingerprint density at radius 2 is 1.83 bits per heavy atom. The minimum atomic E-state index is -0.500. The number of pyridine rings is 1. The van der Waals surface area contributed by atoms with Crippen molar-refractivity contribution in [3.8, 4) is 0 Å². The molecule has 0 saturated heterocycles. The zero-order valence-corrected chi connectivity index (χ0v) is 14.8. The summed E-state index contributed by atoms with van der Waals surface area (Å²) in [5.41, 5.74) is 0.530. The molecule has 6 heteroatoms. The second-order valence-electron chi connectivity index (χ2n) is 6.10. The molecule has 1 heterocycles. The summed E-state index contributed by atoms with van der Waals surface area (Å²) in [6.07, 6.45) is 1.61. The number of hydrogen-bond donors (Lipinski definition) is 2. The number of carbonyl (C=O) groups is 2. The van der Waals surface area contributed by atoms with Gasteiger partial charge >= 0.3 is 0 Å². The molecule has 0 atom stereocenters. The van der Waals surface area contributed by atoms with E-state index in [-0.39, 0.29) is 11.8 Å². The molecule has 0 aliphatic heterocycles. The Hall–Kier alpha value is -2.21. The standard InChI is InChI=1S/C17H18BrN3O2/c1-17(2,3)16(23)20-13-6-4-5-11(9-13)15(22)21-14-8-7-12(18)10-19-14/h4-10H,1-3H3,(H,20,23)(H,19,21,22). The van der Waals surface area contributed by atoms with Crippen molar-refractivity contribution in [2.75, 3.05) is 10.6 Å². The van der Waals surface area contributed by atoms with E-state index in [9.17, 15) is 9.59 Å². The maximum atomic E-state index is 12.3. The number of amides is 2. The van der Waals surface area contributed by atoms with Crippen LogP contribution in [-0.4, -0.2) is 16.8 Å². The lowest BCUT2D eigenvalue weighted by Gasteiger charge is -2.18. The highest BCUT2D eigenvalue weighted by Crippen LogP contribution is 2.19. The maximum absolute atomic E-state index is 12.3. The molecule has 0 saturated carbocycles. The molecule has 0 unspecified atom stereocenters. The fraction of sp³-hybridized carbons (Fsp3) is 0.235. The van der Waals surface area contributed by atoms with Crippen LogP contribution in [0.4, 0.5) is 11.5 Å². The number of carbonyl (C=O) groups excluding carboxylic acids is 2. The second-order valence-corrected chi connectivity index (χ2v) is 7.02. The summed E-state index contributed by atoms with van der Waals surface area (Å²) in [4.78, 5) is 28.4. The van der Waals surface area contributed by atoms with Crippen LogP contribution in [0.5, 0.6) is 0 Å². The van der Waals surface area contributed by atoms with Gasteiger partial charge in [0, 0.05) is 27.3 Å². The van der Waals surface area contributed by atoms with Gasteiger partial charge in [-0.1, -0.05) is 26.8 Å². The number of halogens is 1. The molecule has 1 aromatic carbocycles. The Balaban J connectivity index is 2.11. The Labute approximate surface area is 143 Å². The topological polar surface area (TPSA) is 71.1 Å². The molecule has 120 valence electrons. The molecule has 0 fully saturated rings. The minimum absolute atomic E-state index is 0.107. The third-order valence-electron chi connectivity index (χ3n) is 3.03. The molecule has 2 rings (SSSR count). The van der Waals surface area contributed by atoms with Gasteiger partial charge in [-0.25, -0.2) is 4.98 Å². The van der Waals surface area contributed by atoms with Gasteiger partial charge in [-0.2, -0.15) is 0 Å². The Morgan fingerprint density at radius 1 is 1.09 bits per heavy atom. The predicted molar refractivity (Wildman–Crippen MR) is 94.4 cm³/mol. The zero-order chi connectivity index (χ0) is 17.0. The molecule has 0 bridgehead atoms. The molecule has 0 aliphatic rings. The van der Waals surface area contributed by atoms with E-state index in [0.29, 0.717) is 17.1 Å². The van der Waals surface area contributed by atoms with E-state index in [4.69, 9.17) is 0 Å². The highest BCUT2D eigenvalue weighted by molar-refractivity contribution is 9.10. The molecule has 0 aliphatic carbocycles. The van der Waals surface area contributed by atoms with Crippen LogP contribution in [0.2, 0.25) is 0 Å². The SMILES string of the molecule is CC(C)(C)C(=O)Nc1cccc(C(=O)Nc2ccc(Br)cn2)c1. The number of hydrogen-bond acceptors (Lipinski definition) is 3. The largest absolute Gasteiger partial charge is 0.326 e. The summed E-state index contributed by atoms with van der Waals surface area (Å²) in [5.74, 6) is 0.0682. The van der Waals surface area contributed by atoms with Crippen LogP contribution in [-0.2, 0) is 4.79 Å². The van der Waals surface area contributed by atoms with Crippen molar-refractivity contribution in [2.45, 2.75) is 20.8 Å². The Kier molecular flexibility index (Phi) is 5.15. The summed E-state index contributed by atoms with van der Waals surface area (Å²) in [6, 6.07) is 10.3. The molecule has 0 spiro atoms. The van der Waals surface area contributed by atoms with E-state index in [1.165, 1.54) is 0 Å². The van der Waals surface area contributed by atoms with Gasteiger partial charge in [0.15, 0.2) is 0 Å². The lowest BCUT2D eigenvalue weighted by Crippen LogP contribution is -2.27. The monoisotopic (exact) mass is 375 g/mol. The number of aromatic nitrogens is 1. The average Bonchev–Trinajstić information content (AvgIpc) is 2.49. The van der Waals surface area contributed by atoms with Crippen LogP contribution in [0.25, 0.3) is 0 Å². The lowest BCUT2D eigenvalue weighted by atomic mass is 9.95. The van der Waals surface area contributed by atoms with E-state index in [0.717, 1.165) is 4.47 Å². The number of anilines is 2. The summed E-state index contributed by atoms with van der Waals surface area (Å²) in [5, 5.41) is 5.52. The number of rotatable bonds is 3. The smallest absolute Gasteiger partial charge is 0.256 e. The summed E-state index contributed by atoms with van der Waals surface area (Å²) < 4.78 is 0.836. The van der Waals surface area contributed by atoms with Crippen LogP contribution in [0.3, 0.4) is 0 Å². The van der Waals surface area contributed by atoms with Crippen LogP contribution in [0.15, 0.2) is 47.1 Å². The van der Waals surface area contributed by atoms with Crippen molar-refractivity contribution >= 4 is 39.2 Å². The van der Waals surface area contributed by atoms with Gasteiger partial charge < -0.3 is 10.6 Å². The van der Waals surface area contributed by atoms with Crippen LogP contribution in [0, 0.1) is 5.41 Å². The number of nitrogens with one attached hydrogen (secondary N) is 2. The molecular formula is C17H18BrN3O2. The van der Waals surface area contributed by atoms with Gasteiger partial charge in [0.25, 0.3) is 5.91 Å². The van der Waals surface area contributed by atoms with E-state index < -0.39 is 5.41 Å². The van der Waals surface area contributed by atoms with Crippen molar-refractivity contribution in [1.82, 2.24) is 4.98 Å². The molecule has 5 nitrogen and oxygen atoms in total. The first kappa shape index (κ1) is 17.1. The van der Waals surface area contributed by atoms with E-state index in [1.807, 2.05) is 20.8 Å². The van der Waals surface area contributed by atoms with E-state index >= 15 is 0 Å². The van der Waals surface area contributed by atoms with Gasteiger partial charge in [0.1, 0.15) is 5.82 Å². The summed E-state index contributed by atoms with van der Waals surface area (Å²) in [7, 11) is 0. The quantitative estimate of drug-likeness (QED) is 0.848.